The summed E-state index contributed by atoms with van der Waals surface area (Å²) < 4.78 is 26.8. The number of carbonyl (C=O) groups is 1. The van der Waals surface area contributed by atoms with Gasteiger partial charge in [0.15, 0.2) is 0 Å². The summed E-state index contributed by atoms with van der Waals surface area (Å²) in [4.78, 5) is 14.6. The molecule has 2 N–H and O–H groups in total. The van der Waals surface area contributed by atoms with Crippen LogP contribution in [0, 0.1) is 6.92 Å². The quantitative estimate of drug-likeness (QED) is 0.799. The molecule has 7 heteroatoms. The van der Waals surface area contributed by atoms with E-state index in [0.29, 0.717) is 5.69 Å². The van der Waals surface area contributed by atoms with E-state index >= 15 is 0 Å². The number of aryl methyl sites for hydroxylation is 1. The maximum absolute atomic E-state index is 12.2. The largest absolute Gasteiger partial charge is 0.372 e. The van der Waals surface area contributed by atoms with E-state index in [1.807, 2.05) is 31.2 Å². The molecule has 1 aliphatic heterocycles. The van der Waals surface area contributed by atoms with Crippen molar-refractivity contribution in [3.8, 4) is 0 Å². The summed E-state index contributed by atoms with van der Waals surface area (Å²) in [7, 11) is -3.70. The molecule has 0 atom stereocenters. The van der Waals surface area contributed by atoms with Gasteiger partial charge in [0.1, 0.15) is 0 Å². The third-order valence-electron chi connectivity index (χ3n) is 4.63. The van der Waals surface area contributed by atoms with Crippen molar-refractivity contribution in [3.63, 3.8) is 0 Å². The average Bonchev–Trinajstić information content (AvgIpc) is 2.68. The lowest BCUT2D eigenvalue weighted by Crippen LogP contribution is -2.33. The van der Waals surface area contributed by atoms with Gasteiger partial charge in [0.2, 0.25) is 15.9 Å². The van der Waals surface area contributed by atoms with E-state index in [4.69, 9.17) is 0 Å². The van der Waals surface area contributed by atoms with Crippen molar-refractivity contribution >= 4 is 27.3 Å². The lowest BCUT2D eigenvalue weighted by Gasteiger charge is -2.28. The first-order valence-electron chi connectivity index (χ1n) is 9.15. The number of sulfonamides is 1. The van der Waals surface area contributed by atoms with Crippen molar-refractivity contribution in [2.75, 3.05) is 29.9 Å². The maximum Gasteiger partial charge on any atom is 0.241 e. The summed E-state index contributed by atoms with van der Waals surface area (Å²) in [5.74, 6) is -0.406. The highest BCUT2D eigenvalue weighted by Gasteiger charge is 2.15. The van der Waals surface area contributed by atoms with Gasteiger partial charge in [-0.15, -0.1) is 0 Å². The molecule has 144 valence electrons. The topological polar surface area (TPSA) is 78.5 Å². The van der Waals surface area contributed by atoms with Gasteiger partial charge in [-0.05, 0) is 62.6 Å². The molecule has 1 aliphatic rings. The van der Waals surface area contributed by atoms with E-state index in [9.17, 15) is 13.2 Å². The van der Waals surface area contributed by atoms with Gasteiger partial charge in [0.25, 0.3) is 0 Å². The van der Waals surface area contributed by atoms with Gasteiger partial charge in [-0.25, -0.2) is 13.1 Å². The Labute approximate surface area is 160 Å². The molecule has 27 heavy (non-hydrogen) atoms. The van der Waals surface area contributed by atoms with Gasteiger partial charge in [0, 0.05) is 24.5 Å². The monoisotopic (exact) mass is 387 g/mol. The highest BCUT2D eigenvalue weighted by molar-refractivity contribution is 7.89. The van der Waals surface area contributed by atoms with Crippen LogP contribution in [-0.4, -0.2) is 34.0 Å². The molecule has 2 aromatic carbocycles. The Morgan fingerprint density at radius 2 is 1.59 bits per heavy atom. The molecule has 6 nitrogen and oxygen atoms in total. The number of hydrogen-bond donors (Lipinski definition) is 2. The lowest BCUT2D eigenvalue weighted by molar-refractivity contribution is -0.115. The predicted molar refractivity (Wildman–Crippen MR) is 108 cm³/mol. The second-order valence-electron chi connectivity index (χ2n) is 6.78. The number of piperidine rings is 1. The number of amides is 1. The van der Waals surface area contributed by atoms with Gasteiger partial charge < -0.3 is 10.2 Å². The van der Waals surface area contributed by atoms with Crippen molar-refractivity contribution in [2.24, 2.45) is 0 Å². The van der Waals surface area contributed by atoms with Crippen molar-refractivity contribution in [1.29, 1.82) is 0 Å². The molecule has 0 spiro atoms. The fraction of sp³-hybridized carbons (Fsp3) is 0.350. The van der Waals surface area contributed by atoms with Crippen LogP contribution in [0.5, 0.6) is 0 Å². The summed E-state index contributed by atoms with van der Waals surface area (Å²) >= 11 is 0. The molecular formula is C20H25N3O3S. The third-order valence-corrected chi connectivity index (χ3v) is 6.04. The Balaban J connectivity index is 1.53. The van der Waals surface area contributed by atoms with Gasteiger partial charge >= 0.3 is 0 Å². The number of anilines is 2. The predicted octanol–water partition coefficient (Wildman–Crippen LogP) is 2.90. The van der Waals surface area contributed by atoms with Crippen LogP contribution >= 0.6 is 0 Å². The summed E-state index contributed by atoms with van der Waals surface area (Å²) in [6.45, 7) is 3.69. The number of carbonyl (C=O) groups excluding carboxylic acids is 1. The first-order valence-corrected chi connectivity index (χ1v) is 10.6. The Morgan fingerprint density at radius 3 is 2.22 bits per heavy atom. The molecule has 1 fully saturated rings. The minimum absolute atomic E-state index is 0.145. The van der Waals surface area contributed by atoms with Crippen molar-refractivity contribution in [2.45, 2.75) is 31.1 Å². The summed E-state index contributed by atoms with van der Waals surface area (Å²) in [6, 6.07) is 14.1. The molecule has 0 radical (unpaired) electrons. The molecule has 0 bridgehead atoms. The minimum atomic E-state index is -3.70. The summed E-state index contributed by atoms with van der Waals surface area (Å²) in [5.41, 5.74) is 2.77. The molecule has 2 aromatic rings. The molecule has 3 rings (SSSR count). The molecule has 1 saturated heterocycles. The molecular weight excluding hydrogens is 362 g/mol. The minimum Gasteiger partial charge on any atom is -0.372 e. The van der Waals surface area contributed by atoms with Crippen LogP contribution in [-0.2, 0) is 14.8 Å². The SMILES string of the molecule is Cc1ccc(S(=O)(=O)NCC(=O)Nc2ccc(N3CCCCC3)cc2)cc1. The summed E-state index contributed by atoms with van der Waals surface area (Å²) in [5, 5.41) is 2.72. The van der Waals surface area contributed by atoms with E-state index in [2.05, 4.69) is 14.9 Å². The fourth-order valence-corrected chi connectivity index (χ4v) is 4.06. The molecule has 1 heterocycles. The molecule has 0 aromatic heterocycles. The molecule has 0 unspecified atom stereocenters. The first kappa shape index (κ1) is 19.4. The first-order chi connectivity index (χ1) is 12.9. The lowest BCUT2D eigenvalue weighted by atomic mass is 10.1. The highest BCUT2D eigenvalue weighted by atomic mass is 32.2. The highest BCUT2D eigenvalue weighted by Crippen LogP contribution is 2.21. The zero-order valence-corrected chi connectivity index (χ0v) is 16.3. The van der Waals surface area contributed by atoms with Crippen LogP contribution in [0.4, 0.5) is 11.4 Å². The van der Waals surface area contributed by atoms with E-state index < -0.39 is 15.9 Å². The second kappa shape index (κ2) is 8.54. The van der Waals surface area contributed by atoms with Crippen molar-refractivity contribution in [3.05, 3.63) is 54.1 Å². The fourth-order valence-electron chi connectivity index (χ4n) is 3.07. The number of hydrogen-bond acceptors (Lipinski definition) is 4. The zero-order valence-electron chi connectivity index (χ0n) is 15.4. The van der Waals surface area contributed by atoms with E-state index in [-0.39, 0.29) is 11.4 Å². The zero-order chi connectivity index (χ0) is 19.3. The Morgan fingerprint density at radius 1 is 0.963 bits per heavy atom. The molecule has 0 aliphatic carbocycles. The third kappa shape index (κ3) is 5.30. The van der Waals surface area contributed by atoms with Crippen molar-refractivity contribution < 1.29 is 13.2 Å². The van der Waals surface area contributed by atoms with Crippen molar-refractivity contribution in [1.82, 2.24) is 4.72 Å². The van der Waals surface area contributed by atoms with E-state index in [0.717, 1.165) is 24.3 Å². The second-order valence-corrected chi connectivity index (χ2v) is 8.55. The smallest absolute Gasteiger partial charge is 0.241 e. The maximum atomic E-state index is 12.2. The van der Waals surface area contributed by atoms with Crippen LogP contribution in [0.25, 0.3) is 0 Å². The standard InChI is InChI=1S/C20H25N3O3S/c1-16-5-11-19(12-6-16)27(25,26)21-15-20(24)22-17-7-9-18(10-8-17)23-13-3-2-4-14-23/h5-12,21H,2-4,13-15H2,1H3,(H,22,24). The summed E-state index contributed by atoms with van der Waals surface area (Å²) in [6.07, 6.45) is 3.70. The Bertz CT molecular complexity index is 872. The van der Waals surface area contributed by atoms with Gasteiger partial charge in [-0.2, -0.15) is 0 Å². The number of benzene rings is 2. The molecule has 1 amide bonds. The van der Waals surface area contributed by atoms with E-state index in [1.165, 1.54) is 31.4 Å². The van der Waals surface area contributed by atoms with Crippen LogP contribution in [0.1, 0.15) is 24.8 Å². The van der Waals surface area contributed by atoms with Gasteiger partial charge in [-0.1, -0.05) is 17.7 Å². The van der Waals surface area contributed by atoms with Gasteiger partial charge in [0.05, 0.1) is 11.4 Å². The Hall–Kier alpha value is -2.38. The van der Waals surface area contributed by atoms with Crippen LogP contribution in [0.2, 0.25) is 0 Å². The van der Waals surface area contributed by atoms with Crippen LogP contribution in [0.3, 0.4) is 0 Å². The molecule has 0 saturated carbocycles. The van der Waals surface area contributed by atoms with Crippen LogP contribution < -0.4 is 14.9 Å². The van der Waals surface area contributed by atoms with Crippen LogP contribution in [0.15, 0.2) is 53.4 Å². The number of nitrogens with one attached hydrogen (secondary N) is 2. The number of nitrogens with zero attached hydrogens (tertiary/aromatic N) is 1. The normalized spacial score (nSPS) is 14.8. The van der Waals surface area contributed by atoms with Gasteiger partial charge in [-0.3, -0.25) is 4.79 Å². The Kier molecular flexibility index (Phi) is 6.13. The average molecular weight is 388 g/mol. The number of rotatable bonds is 6. The van der Waals surface area contributed by atoms with E-state index in [1.54, 1.807) is 12.1 Å².